The second-order valence-electron chi connectivity index (χ2n) is 5.49. The van der Waals surface area contributed by atoms with Crippen molar-refractivity contribution in [1.82, 2.24) is 15.5 Å². The van der Waals surface area contributed by atoms with Gasteiger partial charge in [0.1, 0.15) is 5.82 Å². The van der Waals surface area contributed by atoms with Crippen LogP contribution in [0.4, 0.5) is 4.39 Å². The van der Waals surface area contributed by atoms with E-state index >= 15 is 0 Å². The highest BCUT2D eigenvalue weighted by Gasteiger charge is 2.23. The summed E-state index contributed by atoms with van der Waals surface area (Å²) in [7, 11) is 0. The molecule has 22 heavy (non-hydrogen) atoms. The molecule has 1 amide bonds. The molecule has 124 valence electrons. The van der Waals surface area contributed by atoms with Crippen LogP contribution in [0.1, 0.15) is 25.3 Å². The van der Waals surface area contributed by atoms with E-state index in [0.29, 0.717) is 18.2 Å². The molecule has 0 spiro atoms. The van der Waals surface area contributed by atoms with Gasteiger partial charge in [-0.2, -0.15) is 0 Å². The first-order valence-electron chi connectivity index (χ1n) is 7.65. The summed E-state index contributed by atoms with van der Waals surface area (Å²) in [5, 5.41) is 6.14. The first-order valence-corrected chi connectivity index (χ1v) is 7.65. The molecule has 2 N–H and O–H groups in total. The van der Waals surface area contributed by atoms with Crippen LogP contribution in [0.15, 0.2) is 24.3 Å². The van der Waals surface area contributed by atoms with Crippen LogP contribution in [0.5, 0.6) is 0 Å². The number of rotatable bonds is 7. The first-order chi connectivity index (χ1) is 10.2. The van der Waals surface area contributed by atoms with Gasteiger partial charge < -0.3 is 10.6 Å². The third-order valence-electron chi connectivity index (χ3n) is 3.84. The highest BCUT2D eigenvalue weighted by atomic mass is 35.5. The third kappa shape index (κ3) is 5.55. The number of hydrogen-bond acceptors (Lipinski definition) is 3. The Labute approximate surface area is 137 Å². The number of nitrogens with zero attached hydrogens (tertiary/aromatic N) is 1. The van der Waals surface area contributed by atoms with Crippen LogP contribution in [0.2, 0.25) is 0 Å². The Hall–Kier alpha value is -1.17. The number of hydrogen-bond donors (Lipinski definition) is 2. The molecule has 0 radical (unpaired) electrons. The van der Waals surface area contributed by atoms with E-state index in [1.165, 1.54) is 6.07 Å². The molecule has 0 aromatic heterocycles. The monoisotopic (exact) mass is 329 g/mol. The number of nitrogens with one attached hydrogen (secondary N) is 2. The van der Waals surface area contributed by atoms with Crippen molar-refractivity contribution >= 4 is 18.3 Å². The second-order valence-corrected chi connectivity index (χ2v) is 5.49. The van der Waals surface area contributed by atoms with E-state index < -0.39 is 0 Å². The average molecular weight is 330 g/mol. The van der Waals surface area contributed by atoms with Crippen molar-refractivity contribution in [2.75, 3.05) is 26.2 Å². The minimum absolute atomic E-state index is 0. The van der Waals surface area contributed by atoms with Crippen molar-refractivity contribution in [2.45, 2.75) is 32.4 Å². The SMILES string of the molecule is CCCN(CC(=O)NCc1ccccc1F)C1CCNC1.Cl. The van der Waals surface area contributed by atoms with Crippen LogP contribution in [0.25, 0.3) is 0 Å². The highest BCUT2D eigenvalue weighted by Crippen LogP contribution is 2.09. The molecule has 0 aliphatic carbocycles. The Balaban J connectivity index is 0.00000242. The van der Waals surface area contributed by atoms with E-state index in [0.717, 1.165) is 32.5 Å². The Bertz CT molecular complexity index is 466. The van der Waals surface area contributed by atoms with E-state index in [-0.39, 0.29) is 30.7 Å². The molecule has 1 saturated heterocycles. The topological polar surface area (TPSA) is 44.4 Å². The molecule has 6 heteroatoms. The standard InChI is InChI=1S/C16H24FN3O.ClH/c1-2-9-20(14-7-8-18-11-14)12-16(21)19-10-13-5-3-4-6-15(13)17;/h3-6,14,18H,2,7-12H2,1H3,(H,19,21);1H. The van der Waals surface area contributed by atoms with Crippen molar-refractivity contribution in [3.63, 3.8) is 0 Å². The molecule has 1 aromatic carbocycles. The van der Waals surface area contributed by atoms with Gasteiger partial charge in [-0.1, -0.05) is 25.1 Å². The minimum Gasteiger partial charge on any atom is -0.351 e. The number of halogens is 2. The molecule has 1 aromatic rings. The van der Waals surface area contributed by atoms with Gasteiger partial charge in [0.25, 0.3) is 0 Å². The number of carbonyl (C=O) groups is 1. The van der Waals surface area contributed by atoms with Crippen molar-refractivity contribution < 1.29 is 9.18 Å². The van der Waals surface area contributed by atoms with E-state index in [2.05, 4.69) is 22.5 Å². The second kappa shape index (κ2) is 9.77. The molecular weight excluding hydrogens is 305 g/mol. The molecule has 1 atom stereocenters. The lowest BCUT2D eigenvalue weighted by molar-refractivity contribution is -0.122. The number of amides is 1. The van der Waals surface area contributed by atoms with Gasteiger partial charge in [0.2, 0.25) is 5.91 Å². The van der Waals surface area contributed by atoms with Crippen LogP contribution in [-0.4, -0.2) is 43.0 Å². The van der Waals surface area contributed by atoms with Crippen molar-refractivity contribution in [2.24, 2.45) is 0 Å². The van der Waals surface area contributed by atoms with Gasteiger partial charge in [0, 0.05) is 24.7 Å². The Morgan fingerprint density at radius 3 is 2.86 bits per heavy atom. The van der Waals surface area contributed by atoms with Crippen LogP contribution >= 0.6 is 12.4 Å². The van der Waals surface area contributed by atoms with E-state index in [1.54, 1.807) is 18.2 Å². The fourth-order valence-electron chi connectivity index (χ4n) is 2.70. The van der Waals surface area contributed by atoms with E-state index in [9.17, 15) is 9.18 Å². The molecule has 0 saturated carbocycles. The number of carbonyl (C=O) groups excluding carboxylic acids is 1. The van der Waals surface area contributed by atoms with Crippen LogP contribution in [0.3, 0.4) is 0 Å². The normalized spacial score (nSPS) is 17.3. The van der Waals surface area contributed by atoms with Gasteiger partial charge in [-0.05, 0) is 32.0 Å². The lowest BCUT2D eigenvalue weighted by atomic mass is 10.2. The van der Waals surface area contributed by atoms with Crippen LogP contribution in [-0.2, 0) is 11.3 Å². The first kappa shape index (κ1) is 18.9. The zero-order valence-corrected chi connectivity index (χ0v) is 13.8. The van der Waals surface area contributed by atoms with Gasteiger partial charge in [-0.15, -0.1) is 12.4 Å². The summed E-state index contributed by atoms with van der Waals surface area (Å²) in [5.41, 5.74) is 0.524. The minimum atomic E-state index is -0.275. The quantitative estimate of drug-likeness (QED) is 0.803. The zero-order chi connectivity index (χ0) is 15.1. The molecule has 2 rings (SSSR count). The predicted molar refractivity (Wildman–Crippen MR) is 88.6 cm³/mol. The molecule has 1 fully saturated rings. The lowest BCUT2D eigenvalue weighted by Crippen LogP contribution is -2.44. The van der Waals surface area contributed by atoms with E-state index in [1.807, 2.05) is 0 Å². The van der Waals surface area contributed by atoms with Gasteiger partial charge in [0.05, 0.1) is 6.54 Å². The van der Waals surface area contributed by atoms with Crippen molar-refractivity contribution in [3.05, 3.63) is 35.6 Å². The third-order valence-corrected chi connectivity index (χ3v) is 3.84. The summed E-state index contributed by atoms with van der Waals surface area (Å²) in [5.74, 6) is -0.318. The summed E-state index contributed by atoms with van der Waals surface area (Å²) in [4.78, 5) is 14.3. The fourth-order valence-corrected chi connectivity index (χ4v) is 2.70. The van der Waals surface area contributed by atoms with Crippen LogP contribution in [0, 0.1) is 5.82 Å². The highest BCUT2D eigenvalue weighted by molar-refractivity contribution is 5.85. The van der Waals surface area contributed by atoms with Crippen molar-refractivity contribution in [3.8, 4) is 0 Å². The smallest absolute Gasteiger partial charge is 0.234 e. The molecule has 1 unspecified atom stereocenters. The predicted octanol–water partition coefficient (Wildman–Crippen LogP) is 1.94. The molecule has 0 bridgehead atoms. The average Bonchev–Trinajstić information content (AvgIpc) is 3.00. The van der Waals surface area contributed by atoms with Gasteiger partial charge in [-0.25, -0.2) is 4.39 Å². The maximum Gasteiger partial charge on any atom is 0.234 e. The Morgan fingerprint density at radius 2 is 2.23 bits per heavy atom. The molecule has 4 nitrogen and oxygen atoms in total. The lowest BCUT2D eigenvalue weighted by Gasteiger charge is -2.27. The number of benzene rings is 1. The van der Waals surface area contributed by atoms with E-state index in [4.69, 9.17) is 0 Å². The maximum absolute atomic E-state index is 13.5. The van der Waals surface area contributed by atoms with Gasteiger partial charge >= 0.3 is 0 Å². The van der Waals surface area contributed by atoms with Crippen LogP contribution < -0.4 is 10.6 Å². The largest absolute Gasteiger partial charge is 0.351 e. The zero-order valence-electron chi connectivity index (χ0n) is 13.0. The van der Waals surface area contributed by atoms with Gasteiger partial charge in [0.15, 0.2) is 0 Å². The van der Waals surface area contributed by atoms with Crippen molar-refractivity contribution in [1.29, 1.82) is 0 Å². The Morgan fingerprint density at radius 1 is 1.45 bits per heavy atom. The molecule has 1 aliphatic rings. The summed E-state index contributed by atoms with van der Waals surface area (Å²) < 4.78 is 13.5. The molecular formula is C16H25ClFN3O. The summed E-state index contributed by atoms with van der Waals surface area (Å²) in [6.07, 6.45) is 2.11. The molecule has 1 aliphatic heterocycles. The summed E-state index contributed by atoms with van der Waals surface area (Å²) in [6.45, 7) is 5.62. The molecule has 1 heterocycles. The summed E-state index contributed by atoms with van der Waals surface area (Å²) >= 11 is 0. The fraction of sp³-hybridized carbons (Fsp3) is 0.562. The van der Waals surface area contributed by atoms with Gasteiger partial charge in [-0.3, -0.25) is 9.69 Å². The summed E-state index contributed by atoms with van der Waals surface area (Å²) in [6, 6.07) is 6.97. The Kier molecular flexibility index (Phi) is 8.38. The maximum atomic E-state index is 13.5.